The van der Waals surface area contributed by atoms with Crippen LogP contribution in [0.4, 0.5) is 0 Å². The van der Waals surface area contributed by atoms with Crippen molar-refractivity contribution >= 4 is 15.9 Å². The summed E-state index contributed by atoms with van der Waals surface area (Å²) in [5, 5.41) is 14.0. The molecule has 21 heavy (non-hydrogen) atoms. The Bertz CT molecular complexity index is 522. The number of nitrogens with zero attached hydrogens (tertiary/aromatic N) is 1. The van der Waals surface area contributed by atoms with E-state index in [4.69, 9.17) is 0 Å². The number of phenolic OH excluding ortho intramolecular Hbond substituents is 1. The molecule has 1 heterocycles. The number of hydrogen-bond acceptors (Lipinski definition) is 3. The minimum atomic E-state index is 0.358. The number of hydrogen-bond donors (Lipinski definition) is 2. The number of rotatable bonds is 4. The van der Waals surface area contributed by atoms with Crippen LogP contribution < -0.4 is 5.32 Å². The molecule has 0 amide bonds. The van der Waals surface area contributed by atoms with E-state index in [-0.39, 0.29) is 0 Å². The van der Waals surface area contributed by atoms with Crippen LogP contribution in [0, 0.1) is 19.8 Å². The topological polar surface area (TPSA) is 35.5 Å². The van der Waals surface area contributed by atoms with E-state index in [0.717, 1.165) is 47.7 Å². The summed E-state index contributed by atoms with van der Waals surface area (Å²) in [6.45, 7) is 8.42. The summed E-state index contributed by atoms with van der Waals surface area (Å²) in [6, 6.07) is 2.27. The third-order valence-corrected chi connectivity index (χ3v) is 6.11. The molecule has 2 N–H and O–H groups in total. The highest BCUT2D eigenvalue weighted by Crippen LogP contribution is 2.45. The Morgan fingerprint density at radius 2 is 2.00 bits per heavy atom. The first-order chi connectivity index (χ1) is 10.1. The van der Waals surface area contributed by atoms with E-state index in [1.165, 1.54) is 24.8 Å². The number of nitrogens with one attached hydrogen (secondary N) is 1. The second kappa shape index (κ2) is 6.27. The van der Waals surface area contributed by atoms with Gasteiger partial charge in [-0.15, -0.1) is 0 Å². The lowest BCUT2D eigenvalue weighted by atomic mass is 9.92. The van der Waals surface area contributed by atoms with Gasteiger partial charge in [-0.05, 0) is 43.4 Å². The summed E-state index contributed by atoms with van der Waals surface area (Å²) in [7, 11) is 0. The first kappa shape index (κ1) is 15.3. The smallest absolute Gasteiger partial charge is 0.120 e. The monoisotopic (exact) mass is 352 g/mol. The van der Waals surface area contributed by atoms with Crippen molar-refractivity contribution in [3.05, 3.63) is 27.2 Å². The van der Waals surface area contributed by atoms with E-state index in [0.29, 0.717) is 11.8 Å². The number of aromatic hydroxyl groups is 1. The van der Waals surface area contributed by atoms with E-state index in [1.807, 2.05) is 13.0 Å². The quantitative estimate of drug-likeness (QED) is 0.870. The van der Waals surface area contributed by atoms with Gasteiger partial charge in [-0.3, -0.25) is 4.90 Å². The van der Waals surface area contributed by atoms with Crippen molar-refractivity contribution in [3.8, 4) is 5.75 Å². The second-order valence-corrected chi connectivity index (χ2v) is 7.34. The van der Waals surface area contributed by atoms with Gasteiger partial charge in [0.2, 0.25) is 0 Å². The standard InChI is InChI=1S/C17H25BrN2O/c1-11-9-15(21)16(12(2)17(11)18)14(10-13-3-4-13)20-7-5-19-6-8-20/h9,13-14,19,21H,3-8,10H2,1-2H3/t14-/m1/s1. The highest BCUT2D eigenvalue weighted by atomic mass is 79.9. The van der Waals surface area contributed by atoms with Crippen molar-refractivity contribution < 1.29 is 5.11 Å². The zero-order valence-corrected chi connectivity index (χ0v) is 14.5. The Morgan fingerprint density at radius 1 is 1.33 bits per heavy atom. The number of benzene rings is 1. The van der Waals surface area contributed by atoms with E-state index >= 15 is 0 Å². The summed E-state index contributed by atoms with van der Waals surface area (Å²) < 4.78 is 1.14. The van der Waals surface area contributed by atoms with Crippen molar-refractivity contribution in [1.82, 2.24) is 10.2 Å². The molecule has 0 bridgehead atoms. The summed E-state index contributed by atoms with van der Waals surface area (Å²) >= 11 is 3.70. The summed E-state index contributed by atoms with van der Waals surface area (Å²) in [5.41, 5.74) is 3.46. The van der Waals surface area contributed by atoms with Crippen LogP contribution in [0.25, 0.3) is 0 Å². The van der Waals surface area contributed by atoms with Gasteiger partial charge in [0.15, 0.2) is 0 Å². The zero-order chi connectivity index (χ0) is 15.0. The maximum atomic E-state index is 10.6. The Balaban J connectivity index is 1.96. The molecule has 1 saturated carbocycles. The van der Waals surface area contributed by atoms with Crippen LogP contribution in [0.15, 0.2) is 10.5 Å². The van der Waals surface area contributed by atoms with Crippen molar-refractivity contribution in [3.63, 3.8) is 0 Å². The first-order valence-corrected chi connectivity index (χ1v) is 8.80. The molecule has 1 saturated heterocycles. The molecule has 0 aromatic heterocycles. The fraction of sp³-hybridized carbons (Fsp3) is 0.647. The van der Waals surface area contributed by atoms with Crippen molar-refractivity contribution in [2.45, 2.75) is 39.2 Å². The predicted molar refractivity (Wildman–Crippen MR) is 89.8 cm³/mol. The van der Waals surface area contributed by atoms with Crippen LogP contribution in [0.1, 0.15) is 42.0 Å². The molecule has 0 spiro atoms. The molecule has 4 heteroatoms. The second-order valence-electron chi connectivity index (χ2n) is 6.55. The largest absolute Gasteiger partial charge is 0.508 e. The molecule has 1 aromatic rings. The van der Waals surface area contributed by atoms with Gasteiger partial charge in [-0.1, -0.05) is 28.8 Å². The van der Waals surface area contributed by atoms with Gasteiger partial charge in [0, 0.05) is 42.3 Å². The fourth-order valence-electron chi connectivity index (χ4n) is 3.49. The highest BCUT2D eigenvalue weighted by molar-refractivity contribution is 9.10. The van der Waals surface area contributed by atoms with E-state index in [1.54, 1.807) is 0 Å². The molecule has 1 atom stereocenters. The van der Waals surface area contributed by atoms with Crippen LogP contribution in [0.2, 0.25) is 0 Å². The van der Waals surface area contributed by atoms with Gasteiger partial charge in [0.25, 0.3) is 0 Å². The molecule has 1 aliphatic heterocycles. The molecule has 0 radical (unpaired) electrons. The molecular formula is C17H25BrN2O. The minimum absolute atomic E-state index is 0.358. The van der Waals surface area contributed by atoms with Gasteiger partial charge in [-0.25, -0.2) is 0 Å². The van der Waals surface area contributed by atoms with Gasteiger partial charge in [0.1, 0.15) is 5.75 Å². The highest BCUT2D eigenvalue weighted by Gasteiger charge is 2.33. The van der Waals surface area contributed by atoms with Gasteiger partial charge in [0.05, 0.1) is 0 Å². The molecule has 2 aliphatic rings. The Kier molecular flexibility index (Phi) is 4.57. The number of phenols is 1. The maximum Gasteiger partial charge on any atom is 0.120 e. The first-order valence-electron chi connectivity index (χ1n) is 8.01. The van der Waals surface area contributed by atoms with Crippen molar-refractivity contribution in [2.24, 2.45) is 5.92 Å². The molecule has 0 unspecified atom stereocenters. The lowest BCUT2D eigenvalue weighted by molar-refractivity contribution is 0.157. The van der Waals surface area contributed by atoms with Crippen LogP contribution in [-0.2, 0) is 0 Å². The van der Waals surface area contributed by atoms with Gasteiger partial charge < -0.3 is 10.4 Å². The Labute approximate surface area is 135 Å². The lowest BCUT2D eigenvalue weighted by Gasteiger charge is -2.36. The van der Waals surface area contributed by atoms with E-state index < -0.39 is 0 Å². The molecule has 2 fully saturated rings. The van der Waals surface area contributed by atoms with Crippen molar-refractivity contribution in [2.75, 3.05) is 26.2 Å². The molecule has 3 rings (SSSR count). The van der Waals surface area contributed by atoms with Crippen LogP contribution in [0.3, 0.4) is 0 Å². The SMILES string of the molecule is Cc1cc(O)c([C@@H](CC2CC2)N2CCNCC2)c(C)c1Br. The molecular weight excluding hydrogens is 328 g/mol. The summed E-state index contributed by atoms with van der Waals surface area (Å²) in [4.78, 5) is 2.55. The van der Waals surface area contributed by atoms with Crippen LogP contribution in [0.5, 0.6) is 5.75 Å². The average molecular weight is 353 g/mol. The average Bonchev–Trinajstić information content (AvgIpc) is 3.29. The molecule has 3 nitrogen and oxygen atoms in total. The third-order valence-electron chi connectivity index (χ3n) is 4.89. The van der Waals surface area contributed by atoms with Gasteiger partial charge >= 0.3 is 0 Å². The van der Waals surface area contributed by atoms with E-state index in [9.17, 15) is 5.11 Å². The lowest BCUT2D eigenvalue weighted by Crippen LogP contribution is -2.45. The maximum absolute atomic E-state index is 10.6. The normalized spacial score (nSPS) is 21.5. The Hall–Kier alpha value is -0.580. The third kappa shape index (κ3) is 3.27. The fourth-order valence-corrected chi connectivity index (χ4v) is 3.81. The minimum Gasteiger partial charge on any atom is -0.508 e. The summed E-state index contributed by atoms with van der Waals surface area (Å²) in [5.74, 6) is 1.32. The van der Waals surface area contributed by atoms with Gasteiger partial charge in [-0.2, -0.15) is 0 Å². The number of aryl methyl sites for hydroxylation is 1. The van der Waals surface area contributed by atoms with Crippen LogP contribution in [-0.4, -0.2) is 36.2 Å². The Morgan fingerprint density at radius 3 is 2.62 bits per heavy atom. The predicted octanol–water partition coefficient (Wildman–Crippen LogP) is 3.52. The molecule has 1 aromatic carbocycles. The molecule has 116 valence electrons. The summed E-state index contributed by atoms with van der Waals surface area (Å²) in [6.07, 6.45) is 3.90. The number of piperazine rings is 1. The van der Waals surface area contributed by atoms with E-state index in [2.05, 4.69) is 33.1 Å². The zero-order valence-electron chi connectivity index (χ0n) is 13.0. The van der Waals surface area contributed by atoms with Crippen LogP contribution >= 0.6 is 15.9 Å². The number of halogens is 1. The molecule has 1 aliphatic carbocycles. The van der Waals surface area contributed by atoms with Crippen molar-refractivity contribution in [1.29, 1.82) is 0 Å².